The highest BCUT2D eigenvalue weighted by Gasteiger charge is 2.29. The number of nitrogens with zero attached hydrogens (tertiary/aromatic N) is 2. The van der Waals surface area contributed by atoms with Crippen LogP contribution >= 0.6 is 11.6 Å². The van der Waals surface area contributed by atoms with Gasteiger partial charge in [0.25, 0.3) is 5.56 Å². The van der Waals surface area contributed by atoms with Gasteiger partial charge in [-0.1, -0.05) is 23.7 Å². The van der Waals surface area contributed by atoms with E-state index in [1.165, 1.54) is 12.8 Å². The summed E-state index contributed by atoms with van der Waals surface area (Å²) in [5, 5.41) is 0.606. The van der Waals surface area contributed by atoms with E-state index in [-0.39, 0.29) is 5.56 Å². The van der Waals surface area contributed by atoms with Gasteiger partial charge < -0.3 is 0 Å². The molecule has 3 rings (SSSR count). The summed E-state index contributed by atoms with van der Waals surface area (Å²) in [6, 6.07) is 9.22. The topological polar surface area (TPSA) is 26.9 Å². The molecule has 1 aliphatic carbocycles. The Labute approximate surface area is 111 Å². The summed E-state index contributed by atoms with van der Waals surface area (Å²) >= 11 is 6.19. The Kier molecular flexibility index (Phi) is 2.78. The van der Waals surface area contributed by atoms with Crippen molar-refractivity contribution in [1.82, 2.24) is 9.36 Å². The van der Waals surface area contributed by atoms with E-state index in [9.17, 15) is 4.79 Å². The Hall–Kier alpha value is -1.48. The van der Waals surface area contributed by atoms with Crippen molar-refractivity contribution in [3.63, 3.8) is 0 Å². The third-order valence-corrected chi connectivity index (χ3v) is 3.71. The molecular weight excluding hydrogens is 248 g/mol. The lowest BCUT2D eigenvalue weighted by Crippen LogP contribution is -2.21. The predicted molar refractivity (Wildman–Crippen MR) is 72.7 cm³/mol. The van der Waals surface area contributed by atoms with Crippen molar-refractivity contribution in [2.75, 3.05) is 0 Å². The number of rotatable bonds is 3. The first-order valence-electron chi connectivity index (χ1n) is 6.30. The van der Waals surface area contributed by atoms with Gasteiger partial charge in [0.1, 0.15) is 0 Å². The third kappa shape index (κ3) is 1.79. The fourth-order valence-electron chi connectivity index (χ4n) is 2.40. The molecule has 0 atom stereocenters. The molecule has 0 amide bonds. The van der Waals surface area contributed by atoms with E-state index >= 15 is 0 Å². The quantitative estimate of drug-likeness (QED) is 0.835. The molecule has 0 N–H and O–H groups in total. The van der Waals surface area contributed by atoms with Crippen molar-refractivity contribution >= 4 is 11.6 Å². The summed E-state index contributed by atoms with van der Waals surface area (Å²) in [6.07, 6.45) is 2.37. The monoisotopic (exact) mass is 262 g/mol. The van der Waals surface area contributed by atoms with Gasteiger partial charge in [-0.3, -0.25) is 9.48 Å². The molecule has 0 bridgehead atoms. The molecule has 3 nitrogen and oxygen atoms in total. The van der Waals surface area contributed by atoms with Gasteiger partial charge in [0.05, 0.1) is 10.7 Å². The maximum atomic E-state index is 12.2. The van der Waals surface area contributed by atoms with Crippen molar-refractivity contribution in [2.24, 2.45) is 0 Å². The van der Waals surface area contributed by atoms with E-state index in [2.05, 4.69) is 6.92 Å². The molecule has 0 unspecified atom stereocenters. The van der Waals surface area contributed by atoms with Gasteiger partial charge in [-0.2, -0.15) is 0 Å². The normalized spacial score (nSPS) is 15.0. The van der Waals surface area contributed by atoms with Crippen LogP contribution < -0.4 is 5.56 Å². The maximum Gasteiger partial charge on any atom is 0.271 e. The van der Waals surface area contributed by atoms with Gasteiger partial charge in [-0.05, 0) is 31.9 Å². The first-order valence-corrected chi connectivity index (χ1v) is 6.68. The Morgan fingerprint density at radius 3 is 2.67 bits per heavy atom. The molecule has 0 saturated heterocycles. The van der Waals surface area contributed by atoms with Crippen LogP contribution in [0, 0.1) is 0 Å². The zero-order valence-corrected chi connectivity index (χ0v) is 11.0. The molecule has 2 aromatic rings. The molecule has 1 aromatic carbocycles. The van der Waals surface area contributed by atoms with Crippen molar-refractivity contribution in [2.45, 2.75) is 32.2 Å². The highest BCUT2D eigenvalue weighted by atomic mass is 35.5. The largest absolute Gasteiger partial charge is 0.282 e. The molecule has 0 radical (unpaired) electrons. The minimum Gasteiger partial charge on any atom is -0.282 e. The number of hydrogen-bond acceptors (Lipinski definition) is 1. The predicted octanol–water partition coefficient (Wildman–Crippen LogP) is 3.19. The van der Waals surface area contributed by atoms with E-state index in [0.717, 1.165) is 17.9 Å². The number of hydrogen-bond donors (Lipinski definition) is 0. The summed E-state index contributed by atoms with van der Waals surface area (Å²) in [5.41, 5.74) is 1.91. The van der Waals surface area contributed by atoms with Crippen molar-refractivity contribution in [1.29, 1.82) is 0 Å². The molecule has 4 heteroatoms. The molecule has 1 aromatic heterocycles. The second kappa shape index (κ2) is 4.32. The van der Waals surface area contributed by atoms with E-state index in [1.807, 2.05) is 28.9 Å². The van der Waals surface area contributed by atoms with Crippen molar-refractivity contribution in [3.05, 3.63) is 51.4 Å². The zero-order chi connectivity index (χ0) is 12.7. The SMILES string of the molecule is CCn1c(C2CC2)cc(=O)n1-c1ccccc1Cl. The summed E-state index contributed by atoms with van der Waals surface area (Å²) in [5.74, 6) is 0.557. The summed E-state index contributed by atoms with van der Waals surface area (Å²) in [4.78, 5) is 12.2. The van der Waals surface area contributed by atoms with Crippen LogP contribution in [0.4, 0.5) is 0 Å². The Morgan fingerprint density at radius 1 is 1.33 bits per heavy atom. The average Bonchev–Trinajstić information content (AvgIpc) is 3.15. The Balaban J connectivity index is 2.23. The van der Waals surface area contributed by atoms with Crippen LogP contribution in [0.15, 0.2) is 35.1 Å². The van der Waals surface area contributed by atoms with Crippen LogP contribution in [0.1, 0.15) is 31.4 Å². The molecule has 94 valence electrons. The molecule has 18 heavy (non-hydrogen) atoms. The molecule has 0 aliphatic heterocycles. The van der Waals surface area contributed by atoms with Crippen LogP contribution in [0.5, 0.6) is 0 Å². The highest BCUT2D eigenvalue weighted by molar-refractivity contribution is 6.32. The third-order valence-electron chi connectivity index (χ3n) is 3.40. The van der Waals surface area contributed by atoms with Crippen molar-refractivity contribution < 1.29 is 0 Å². The minimum absolute atomic E-state index is 0.00634. The average molecular weight is 263 g/mol. The lowest BCUT2D eigenvalue weighted by molar-refractivity contribution is 0.549. The van der Waals surface area contributed by atoms with Crippen LogP contribution in [-0.2, 0) is 6.54 Å². The fraction of sp³-hybridized carbons (Fsp3) is 0.357. The van der Waals surface area contributed by atoms with E-state index in [0.29, 0.717) is 10.9 Å². The first-order chi connectivity index (χ1) is 8.72. The summed E-state index contributed by atoms with van der Waals surface area (Å²) < 4.78 is 3.73. The number of aromatic nitrogens is 2. The lowest BCUT2D eigenvalue weighted by Gasteiger charge is -2.13. The summed E-state index contributed by atoms with van der Waals surface area (Å²) in [7, 11) is 0. The molecule has 1 fully saturated rings. The Morgan fingerprint density at radius 2 is 2.06 bits per heavy atom. The number of para-hydroxylation sites is 1. The molecule has 1 saturated carbocycles. The van der Waals surface area contributed by atoms with Gasteiger partial charge in [0.2, 0.25) is 0 Å². The Bertz CT molecular complexity index is 637. The van der Waals surface area contributed by atoms with Gasteiger partial charge >= 0.3 is 0 Å². The van der Waals surface area contributed by atoms with Crippen LogP contribution in [0.25, 0.3) is 5.69 Å². The standard InChI is InChI=1S/C14H15ClN2O/c1-2-16-13(10-7-8-10)9-14(18)17(16)12-6-4-3-5-11(12)15/h3-6,9-10H,2,7-8H2,1H3. The van der Waals surface area contributed by atoms with Crippen LogP contribution in [0.3, 0.4) is 0 Å². The smallest absolute Gasteiger partial charge is 0.271 e. The molecule has 0 spiro atoms. The van der Waals surface area contributed by atoms with E-state index in [1.54, 1.807) is 10.7 Å². The molecular formula is C14H15ClN2O. The van der Waals surface area contributed by atoms with Crippen LogP contribution in [-0.4, -0.2) is 9.36 Å². The van der Waals surface area contributed by atoms with E-state index in [4.69, 9.17) is 11.6 Å². The van der Waals surface area contributed by atoms with Crippen molar-refractivity contribution in [3.8, 4) is 5.69 Å². The molecule has 1 aliphatic rings. The second-order valence-electron chi connectivity index (χ2n) is 4.66. The number of benzene rings is 1. The van der Waals surface area contributed by atoms with Gasteiger partial charge in [-0.15, -0.1) is 0 Å². The summed E-state index contributed by atoms with van der Waals surface area (Å²) in [6.45, 7) is 2.83. The minimum atomic E-state index is 0.00634. The maximum absolute atomic E-state index is 12.2. The lowest BCUT2D eigenvalue weighted by atomic mass is 10.3. The van der Waals surface area contributed by atoms with E-state index < -0.39 is 0 Å². The first kappa shape index (κ1) is 11.6. The zero-order valence-electron chi connectivity index (χ0n) is 10.3. The van der Waals surface area contributed by atoms with Gasteiger partial charge in [0, 0.05) is 24.2 Å². The molecule has 1 heterocycles. The number of halogens is 1. The highest BCUT2D eigenvalue weighted by Crippen LogP contribution is 2.40. The van der Waals surface area contributed by atoms with Gasteiger partial charge in [-0.25, -0.2) is 4.68 Å². The van der Waals surface area contributed by atoms with Gasteiger partial charge in [0.15, 0.2) is 0 Å². The fourth-order valence-corrected chi connectivity index (χ4v) is 2.62. The van der Waals surface area contributed by atoms with Crippen LogP contribution in [0.2, 0.25) is 5.02 Å². The second-order valence-corrected chi connectivity index (χ2v) is 5.07.